The molecule has 2 nitrogen and oxygen atoms in total. The summed E-state index contributed by atoms with van der Waals surface area (Å²) in [5.41, 5.74) is 2.98. The lowest BCUT2D eigenvalue weighted by Gasteiger charge is -2.22. The first-order valence-corrected chi connectivity index (χ1v) is 5.63. The van der Waals surface area contributed by atoms with Crippen molar-refractivity contribution < 1.29 is 5.11 Å². The zero-order chi connectivity index (χ0) is 11.1. The Bertz CT molecular complexity index is 365. The van der Waals surface area contributed by atoms with Crippen molar-refractivity contribution in [3.63, 3.8) is 0 Å². The highest BCUT2D eigenvalue weighted by atomic mass is 16.3. The predicted molar refractivity (Wildman–Crippen MR) is 63.3 cm³/mol. The second kappa shape index (κ2) is 3.53. The van der Waals surface area contributed by atoms with Crippen LogP contribution in [0.1, 0.15) is 31.9 Å². The molecule has 0 amide bonds. The van der Waals surface area contributed by atoms with Gasteiger partial charge in [0.25, 0.3) is 0 Å². The van der Waals surface area contributed by atoms with Gasteiger partial charge in [-0.2, -0.15) is 0 Å². The standard InChI is InChI=1S/C13H19NO/c1-4-14-9-8-10-11(13(2,3)15)6-5-7-12(10)14/h5-7,15H,4,8-9H2,1-3H3. The number of fused-ring (bicyclic) bond motifs is 1. The second-order valence-corrected chi connectivity index (χ2v) is 4.69. The van der Waals surface area contributed by atoms with E-state index in [1.807, 2.05) is 26.0 Å². The number of nitrogens with zero attached hydrogens (tertiary/aromatic N) is 1. The fourth-order valence-electron chi connectivity index (χ4n) is 2.40. The van der Waals surface area contributed by atoms with Crippen LogP contribution in [0.25, 0.3) is 0 Å². The van der Waals surface area contributed by atoms with Crippen molar-refractivity contribution in [2.45, 2.75) is 32.8 Å². The van der Waals surface area contributed by atoms with E-state index < -0.39 is 5.60 Å². The van der Waals surface area contributed by atoms with Crippen LogP contribution in [0.2, 0.25) is 0 Å². The van der Waals surface area contributed by atoms with Gasteiger partial charge >= 0.3 is 0 Å². The minimum atomic E-state index is -0.727. The van der Waals surface area contributed by atoms with E-state index in [9.17, 15) is 5.11 Å². The summed E-state index contributed by atoms with van der Waals surface area (Å²) in [4.78, 5) is 2.37. The number of anilines is 1. The van der Waals surface area contributed by atoms with Gasteiger partial charge in [0.2, 0.25) is 0 Å². The first-order chi connectivity index (χ1) is 7.04. The van der Waals surface area contributed by atoms with Crippen molar-refractivity contribution in [1.82, 2.24) is 0 Å². The molecule has 2 rings (SSSR count). The zero-order valence-electron chi connectivity index (χ0n) is 9.75. The van der Waals surface area contributed by atoms with Crippen LogP contribution in [0.5, 0.6) is 0 Å². The van der Waals surface area contributed by atoms with E-state index in [1.54, 1.807) is 0 Å². The van der Waals surface area contributed by atoms with Gasteiger partial charge in [-0.05, 0) is 44.4 Å². The molecule has 0 saturated heterocycles. The Labute approximate surface area is 91.5 Å². The van der Waals surface area contributed by atoms with Gasteiger partial charge in [0.15, 0.2) is 0 Å². The third-order valence-corrected chi connectivity index (χ3v) is 3.16. The second-order valence-electron chi connectivity index (χ2n) is 4.69. The van der Waals surface area contributed by atoms with Crippen molar-refractivity contribution in [1.29, 1.82) is 0 Å². The van der Waals surface area contributed by atoms with Crippen LogP contribution in [-0.4, -0.2) is 18.2 Å². The number of aliphatic hydroxyl groups is 1. The summed E-state index contributed by atoms with van der Waals surface area (Å²) in [5.74, 6) is 0. The Kier molecular flexibility index (Phi) is 2.47. The Hall–Kier alpha value is -1.02. The van der Waals surface area contributed by atoms with Gasteiger partial charge in [-0.1, -0.05) is 12.1 Å². The summed E-state index contributed by atoms with van der Waals surface area (Å²) < 4.78 is 0. The summed E-state index contributed by atoms with van der Waals surface area (Å²) in [6.07, 6.45) is 1.06. The third-order valence-electron chi connectivity index (χ3n) is 3.16. The van der Waals surface area contributed by atoms with Crippen molar-refractivity contribution >= 4 is 5.69 Å². The lowest BCUT2D eigenvalue weighted by molar-refractivity contribution is 0.0778. The molecule has 0 aliphatic carbocycles. The summed E-state index contributed by atoms with van der Waals surface area (Å²) in [7, 11) is 0. The molecule has 1 heterocycles. The molecule has 0 fully saturated rings. The molecule has 0 saturated carbocycles. The Balaban J connectivity index is 2.49. The number of hydrogen-bond donors (Lipinski definition) is 1. The molecule has 1 aliphatic heterocycles. The topological polar surface area (TPSA) is 23.5 Å². The first kappa shape index (κ1) is 10.5. The van der Waals surface area contributed by atoms with Gasteiger partial charge in [-0.25, -0.2) is 0 Å². The number of likely N-dealkylation sites (N-methyl/N-ethyl adjacent to an activating group) is 1. The molecule has 0 spiro atoms. The van der Waals surface area contributed by atoms with E-state index in [1.165, 1.54) is 11.3 Å². The van der Waals surface area contributed by atoms with E-state index in [4.69, 9.17) is 0 Å². The fraction of sp³-hybridized carbons (Fsp3) is 0.538. The zero-order valence-corrected chi connectivity index (χ0v) is 9.75. The van der Waals surface area contributed by atoms with Crippen molar-refractivity contribution in [2.24, 2.45) is 0 Å². The molecule has 1 N–H and O–H groups in total. The molecular weight excluding hydrogens is 186 g/mol. The maximum absolute atomic E-state index is 10.1. The van der Waals surface area contributed by atoms with Crippen LogP contribution < -0.4 is 4.90 Å². The molecule has 15 heavy (non-hydrogen) atoms. The summed E-state index contributed by atoms with van der Waals surface area (Å²) in [5, 5.41) is 10.1. The quantitative estimate of drug-likeness (QED) is 0.800. The average Bonchev–Trinajstić information content (AvgIpc) is 2.58. The molecule has 0 bridgehead atoms. The van der Waals surface area contributed by atoms with Crippen molar-refractivity contribution in [2.75, 3.05) is 18.0 Å². The lowest BCUT2D eigenvalue weighted by Crippen LogP contribution is -2.19. The summed E-state index contributed by atoms with van der Waals surface area (Å²) in [6.45, 7) is 8.02. The Morgan fingerprint density at radius 2 is 2.13 bits per heavy atom. The van der Waals surface area contributed by atoms with Gasteiger partial charge in [0.05, 0.1) is 5.60 Å². The number of rotatable bonds is 2. The monoisotopic (exact) mass is 205 g/mol. The first-order valence-electron chi connectivity index (χ1n) is 5.63. The summed E-state index contributed by atoms with van der Waals surface area (Å²) in [6, 6.07) is 6.24. The maximum atomic E-state index is 10.1. The van der Waals surface area contributed by atoms with Crippen LogP contribution in [0.3, 0.4) is 0 Å². The van der Waals surface area contributed by atoms with Gasteiger partial charge in [0.1, 0.15) is 0 Å². The SMILES string of the molecule is CCN1CCc2c1cccc2C(C)(C)O. The summed E-state index contributed by atoms with van der Waals surface area (Å²) >= 11 is 0. The van der Waals surface area contributed by atoms with Crippen molar-refractivity contribution in [3.05, 3.63) is 29.3 Å². The molecular formula is C13H19NO. The van der Waals surface area contributed by atoms with Crippen LogP contribution in [0, 0.1) is 0 Å². The maximum Gasteiger partial charge on any atom is 0.0843 e. The van der Waals surface area contributed by atoms with E-state index >= 15 is 0 Å². The van der Waals surface area contributed by atoms with E-state index in [-0.39, 0.29) is 0 Å². The van der Waals surface area contributed by atoms with Crippen LogP contribution in [-0.2, 0) is 12.0 Å². The van der Waals surface area contributed by atoms with Gasteiger partial charge in [-0.15, -0.1) is 0 Å². The van der Waals surface area contributed by atoms with Gasteiger partial charge in [-0.3, -0.25) is 0 Å². The number of hydrogen-bond acceptors (Lipinski definition) is 2. The normalized spacial score (nSPS) is 15.6. The van der Waals surface area contributed by atoms with E-state index in [0.717, 1.165) is 25.1 Å². The van der Waals surface area contributed by atoms with Crippen LogP contribution in [0.4, 0.5) is 5.69 Å². The largest absolute Gasteiger partial charge is 0.386 e. The number of benzene rings is 1. The lowest BCUT2D eigenvalue weighted by atomic mass is 9.92. The molecule has 0 aromatic heterocycles. The molecule has 82 valence electrons. The predicted octanol–water partition coefficient (Wildman–Crippen LogP) is 2.30. The highest BCUT2D eigenvalue weighted by Crippen LogP contribution is 2.35. The van der Waals surface area contributed by atoms with Crippen molar-refractivity contribution in [3.8, 4) is 0 Å². The Morgan fingerprint density at radius 3 is 2.73 bits per heavy atom. The minimum absolute atomic E-state index is 0.727. The van der Waals surface area contributed by atoms with Gasteiger partial charge in [0, 0.05) is 18.8 Å². The molecule has 2 heteroatoms. The molecule has 0 atom stereocenters. The van der Waals surface area contributed by atoms with E-state index in [0.29, 0.717) is 0 Å². The third kappa shape index (κ3) is 1.74. The molecule has 1 aliphatic rings. The molecule has 1 aromatic rings. The highest BCUT2D eigenvalue weighted by Gasteiger charge is 2.26. The smallest absolute Gasteiger partial charge is 0.0843 e. The Morgan fingerprint density at radius 1 is 1.40 bits per heavy atom. The van der Waals surface area contributed by atoms with Crippen LogP contribution >= 0.6 is 0 Å². The van der Waals surface area contributed by atoms with Crippen LogP contribution in [0.15, 0.2) is 18.2 Å². The fourth-order valence-corrected chi connectivity index (χ4v) is 2.40. The highest BCUT2D eigenvalue weighted by molar-refractivity contribution is 5.61. The molecule has 0 unspecified atom stereocenters. The molecule has 0 radical (unpaired) electrons. The average molecular weight is 205 g/mol. The van der Waals surface area contributed by atoms with Gasteiger partial charge < -0.3 is 10.0 Å². The minimum Gasteiger partial charge on any atom is -0.386 e. The molecule has 1 aromatic carbocycles. The van der Waals surface area contributed by atoms with E-state index in [2.05, 4.69) is 17.9 Å².